The molecule has 14 atom stereocenters. The quantitative estimate of drug-likeness (QED) is 0.157. The van der Waals surface area contributed by atoms with E-state index in [2.05, 4.69) is 0 Å². The van der Waals surface area contributed by atoms with Crippen molar-refractivity contribution in [3.05, 3.63) is 60.8 Å². The number of cyclic esters (lactones) is 1. The summed E-state index contributed by atoms with van der Waals surface area (Å²) in [6.07, 6.45) is 5.25. The van der Waals surface area contributed by atoms with Gasteiger partial charge in [0.1, 0.15) is 24.2 Å². The Morgan fingerprint density at radius 3 is 2.36 bits per heavy atom. The summed E-state index contributed by atoms with van der Waals surface area (Å²) in [5.74, 6) is -5.45. The Balaban J connectivity index is 1.58. The standard InChI is InChI=1S/C33H47NO13/c1-18-10-8-6-4-3-5-7-9-11-21(45-32-30(39)28(34)29(38)19(2)44-32)15-25-27(31(40)41)22(36)17-33(42,47-25)16-20(35)14-24-23(46-24)12-13-26(37)43-18/h3-9,11-13,18-25,27-30,32,35-36,38-39,42H,10,14-17,34H2,1-2H3,(H,40,41)/b4-3+,7-5+,8-6+,11-9+,13-12+/t18-,19?,20+,21?,22+,23-,24-,25+,27-,28?,29-,30?,32+,33-/m1/s1. The van der Waals surface area contributed by atoms with Crippen molar-refractivity contribution < 1.29 is 63.9 Å². The monoisotopic (exact) mass is 665 g/mol. The summed E-state index contributed by atoms with van der Waals surface area (Å²) >= 11 is 0. The summed E-state index contributed by atoms with van der Waals surface area (Å²) in [6, 6.07) is -1.08. The maximum absolute atomic E-state index is 12.3. The number of aliphatic hydroxyl groups is 5. The Labute approximate surface area is 273 Å². The van der Waals surface area contributed by atoms with Gasteiger partial charge < -0.3 is 60.1 Å². The van der Waals surface area contributed by atoms with Crippen LogP contribution in [0.4, 0.5) is 0 Å². The first-order valence-corrected chi connectivity index (χ1v) is 15.9. The first kappa shape index (κ1) is 37.1. The second-order valence-electron chi connectivity index (χ2n) is 12.6. The first-order chi connectivity index (χ1) is 22.3. The van der Waals surface area contributed by atoms with E-state index in [1.165, 1.54) is 12.2 Å². The molecule has 2 bridgehead atoms. The number of aliphatic hydroxyl groups excluding tert-OH is 4. The Morgan fingerprint density at radius 1 is 0.936 bits per heavy atom. The zero-order chi connectivity index (χ0) is 34.3. The number of carbonyl (C=O) groups excluding carboxylic acids is 1. The summed E-state index contributed by atoms with van der Waals surface area (Å²) in [4.78, 5) is 24.4. The van der Waals surface area contributed by atoms with Crippen molar-refractivity contribution >= 4 is 11.9 Å². The maximum Gasteiger partial charge on any atom is 0.330 e. The molecule has 4 unspecified atom stereocenters. The lowest BCUT2D eigenvalue weighted by atomic mass is 9.83. The van der Waals surface area contributed by atoms with Crippen LogP contribution in [0.5, 0.6) is 0 Å². The molecule has 0 radical (unpaired) electrons. The normalized spacial score (nSPS) is 47.2. The van der Waals surface area contributed by atoms with E-state index in [1.807, 2.05) is 6.08 Å². The molecule has 47 heavy (non-hydrogen) atoms. The van der Waals surface area contributed by atoms with Crippen LogP contribution in [-0.2, 0) is 33.3 Å². The van der Waals surface area contributed by atoms with Gasteiger partial charge in [-0.25, -0.2) is 4.79 Å². The highest BCUT2D eigenvalue weighted by Gasteiger charge is 2.51. The fourth-order valence-corrected chi connectivity index (χ4v) is 6.00. The molecule has 3 fully saturated rings. The number of fused-ring (bicyclic) bond motifs is 3. The molecule has 14 heteroatoms. The minimum absolute atomic E-state index is 0.0789. The highest BCUT2D eigenvalue weighted by atomic mass is 16.7. The van der Waals surface area contributed by atoms with Crippen LogP contribution < -0.4 is 5.73 Å². The van der Waals surface area contributed by atoms with Crippen LogP contribution >= 0.6 is 0 Å². The molecule has 262 valence electrons. The smallest absolute Gasteiger partial charge is 0.330 e. The molecule has 0 aromatic rings. The number of carbonyl (C=O) groups is 2. The Bertz CT molecular complexity index is 1220. The minimum Gasteiger partial charge on any atom is -0.481 e. The minimum atomic E-state index is -2.10. The molecule has 4 aliphatic heterocycles. The lowest BCUT2D eigenvalue weighted by molar-refractivity contribution is -0.308. The number of hydrogen-bond acceptors (Lipinski definition) is 13. The summed E-state index contributed by atoms with van der Waals surface area (Å²) in [7, 11) is 0. The fraction of sp³-hybridized carbons (Fsp3) is 0.636. The molecule has 8 N–H and O–H groups in total. The van der Waals surface area contributed by atoms with Crippen LogP contribution in [-0.4, -0.2) is 122 Å². The van der Waals surface area contributed by atoms with Gasteiger partial charge in [-0.15, -0.1) is 0 Å². The van der Waals surface area contributed by atoms with Gasteiger partial charge in [0.05, 0.1) is 48.8 Å². The zero-order valence-corrected chi connectivity index (χ0v) is 26.4. The summed E-state index contributed by atoms with van der Waals surface area (Å²) in [6.45, 7) is 3.34. The van der Waals surface area contributed by atoms with Crippen molar-refractivity contribution in [2.75, 3.05) is 0 Å². The van der Waals surface area contributed by atoms with E-state index in [9.17, 15) is 40.2 Å². The van der Waals surface area contributed by atoms with Crippen molar-refractivity contribution in [3.63, 3.8) is 0 Å². The molecule has 4 heterocycles. The van der Waals surface area contributed by atoms with Crippen molar-refractivity contribution in [3.8, 4) is 0 Å². The van der Waals surface area contributed by atoms with Gasteiger partial charge in [0.2, 0.25) is 0 Å². The second kappa shape index (κ2) is 16.6. The lowest BCUT2D eigenvalue weighted by Crippen LogP contribution is -2.61. The van der Waals surface area contributed by atoms with Gasteiger partial charge in [0.15, 0.2) is 12.1 Å². The number of rotatable bonds is 3. The van der Waals surface area contributed by atoms with Gasteiger partial charge in [0.25, 0.3) is 0 Å². The summed E-state index contributed by atoms with van der Waals surface area (Å²) in [5, 5.41) is 63.9. The van der Waals surface area contributed by atoms with Crippen molar-refractivity contribution in [2.45, 2.75) is 125 Å². The van der Waals surface area contributed by atoms with Crippen LogP contribution in [0, 0.1) is 5.92 Å². The third-order valence-electron chi connectivity index (χ3n) is 8.58. The van der Waals surface area contributed by atoms with E-state index in [1.54, 1.807) is 56.4 Å². The average molecular weight is 666 g/mol. The number of aliphatic carboxylic acids is 1. The van der Waals surface area contributed by atoms with Crippen LogP contribution in [0.2, 0.25) is 0 Å². The highest BCUT2D eigenvalue weighted by molar-refractivity contribution is 5.82. The SMILES string of the molecule is CC1O[C@@H](OC2/C=C/C=C/C=C/C=C/C[C@@H](C)OC(=O)/C=C/[C@H]3O[C@@H]3C[C@H](O)C[C@]3(O)C[C@H](O)[C@@H](C(=O)O)[C@H](C2)O3)C(O)C(N)[C@@H]1O. The predicted molar refractivity (Wildman–Crippen MR) is 165 cm³/mol. The molecule has 0 amide bonds. The summed E-state index contributed by atoms with van der Waals surface area (Å²) < 4.78 is 28.5. The fourth-order valence-electron chi connectivity index (χ4n) is 6.00. The van der Waals surface area contributed by atoms with Crippen molar-refractivity contribution in [1.82, 2.24) is 0 Å². The number of allylic oxidation sites excluding steroid dienone is 6. The summed E-state index contributed by atoms with van der Waals surface area (Å²) in [5.41, 5.74) is 5.98. The molecule has 0 aliphatic carbocycles. The molecule has 0 aromatic carbocycles. The lowest BCUT2D eigenvalue weighted by Gasteiger charge is -2.45. The second-order valence-corrected chi connectivity index (χ2v) is 12.6. The number of esters is 1. The van der Waals surface area contributed by atoms with Crippen LogP contribution in [0.25, 0.3) is 0 Å². The van der Waals surface area contributed by atoms with Gasteiger partial charge in [-0.3, -0.25) is 4.79 Å². The Morgan fingerprint density at radius 2 is 1.64 bits per heavy atom. The van der Waals surface area contributed by atoms with E-state index in [-0.39, 0.29) is 25.4 Å². The highest BCUT2D eigenvalue weighted by Crippen LogP contribution is 2.39. The Hall–Kier alpha value is -2.76. The molecule has 0 aromatic heterocycles. The zero-order valence-electron chi connectivity index (χ0n) is 26.4. The molecular formula is C33H47NO13. The van der Waals surface area contributed by atoms with Gasteiger partial charge in [0, 0.05) is 38.2 Å². The van der Waals surface area contributed by atoms with E-state index in [0.717, 1.165) is 0 Å². The number of ether oxygens (including phenoxy) is 5. The van der Waals surface area contributed by atoms with Gasteiger partial charge in [-0.1, -0.05) is 48.6 Å². The molecule has 3 saturated heterocycles. The van der Waals surface area contributed by atoms with Gasteiger partial charge >= 0.3 is 11.9 Å². The van der Waals surface area contributed by atoms with Crippen LogP contribution in [0.1, 0.15) is 46.0 Å². The third kappa shape index (κ3) is 10.6. The molecule has 0 saturated carbocycles. The van der Waals surface area contributed by atoms with E-state index >= 15 is 0 Å². The van der Waals surface area contributed by atoms with Crippen LogP contribution in [0.3, 0.4) is 0 Å². The number of epoxide rings is 1. The average Bonchev–Trinajstić information content (AvgIpc) is 3.72. The van der Waals surface area contributed by atoms with Gasteiger partial charge in [-0.05, 0) is 19.9 Å². The number of carboxylic acid groups (broad SMARTS) is 1. The largest absolute Gasteiger partial charge is 0.481 e. The van der Waals surface area contributed by atoms with Gasteiger partial charge in [-0.2, -0.15) is 0 Å². The topological polar surface area (TPSA) is 231 Å². The molecule has 14 nitrogen and oxygen atoms in total. The van der Waals surface area contributed by atoms with Crippen LogP contribution in [0.15, 0.2) is 60.8 Å². The molecule has 4 rings (SSSR count). The number of hydrogen-bond donors (Lipinski definition) is 7. The Kier molecular flexibility index (Phi) is 13.1. The predicted octanol–water partition coefficient (Wildman–Crippen LogP) is 0.120. The van der Waals surface area contributed by atoms with Crippen molar-refractivity contribution in [1.29, 1.82) is 0 Å². The molecular weight excluding hydrogens is 618 g/mol. The van der Waals surface area contributed by atoms with E-state index < -0.39 is 97.3 Å². The number of carboxylic acids is 1. The number of nitrogens with two attached hydrogens (primary N) is 1. The van der Waals surface area contributed by atoms with E-state index in [4.69, 9.17) is 29.4 Å². The van der Waals surface area contributed by atoms with E-state index in [0.29, 0.717) is 6.42 Å². The molecule has 0 spiro atoms. The molecule has 4 aliphatic rings. The van der Waals surface area contributed by atoms with Crippen molar-refractivity contribution in [2.24, 2.45) is 11.7 Å². The first-order valence-electron chi connectivity index (χ1n) is 15.9. The third-order valence-corrected chi connectivity index (χ3v) is 8.58. The maximum atomic E-state index is 12.3.